The molecule has 0 fully saturated rings. The summed E-state index contributed by atoms with van der Waals surface area (Å²) in [6.07, 6.45) is 2.65. The summed E-state index contributed by atoms with van der Waals surface area (Å²) in [6, 6.07) is 8.63. The zero-order chi connectivity index (χ0) is 12.5. The van der Waals surface area contributed by atoms with Gasteiger partial charge in [-0.1, -0.05) is 37.3 Å². The second kappa shape index (κ2) is 7.22. The Bertz CT molecular complexity index is 384. The van der Waals surface area contributed by atoms with E-state index in [-0.39, 0.29) is 0 Å². The molecular formula is C13H13O4. The molecular weight excluding hydrogens is 220 g/mol. The van der Waals surface area contributed by atoms with Crippen molar-refractivity contribution in [3.8, 4) is 0 Å². The number of benzene rings is 1. The van der Waals surface area contributed by atoms with E-state index < -0.39 is 12.1 Å². The third kappa shape index (κ3) is 4.10. The number of ether oxygens (including phenoxy) is 2. The number of rotatable bonds is 6. The lowest BCUT2D eigenvalue weighted by atomic mass is 10.1. The van der Waals surface area contributed by atoms with Crippen LogP contribution >= 0.6 is 0 Å². The van der Waals surface area contributed by atoms with Crippen LogP contribution in [0.25, 0.3) is 0 Å². The minimum atomic E-state index is -1.07. The van der Waals surface area contributed by atoms with Crippen LogP contribution in [0, 0.1) is 0 Å². The lowest BCUT2D eigenvalue weighted by Gasteiger charge is -2.11. The molecule has 0 aromatic heterocycles. The fourth-order valence-corrected chi connectivity index (χ4v) is 1.20. The lowest BCUT2D eigenvalue weighted by Crippen LogP contribution is -2.16. The first-order valence-corrected chi connectivity index (χ1v) is 5.22. The third-order valence-electron chi connectivity index (χ3n) is 2.00. The van der Waals surface area contributed by atoms with E-state index in [0.29, 0.717) is 5.56 Å². The van der Waals surface area contributed by atoms with E-state index in [0.717, 1.165) is 6.42 Å². The first-order valence-electron chi connectivity index (χ1n) is 5.22. The number of allylic oxidation sites excluding steroid dienone is 1. The van der Waals surface area contributed by atoms with Gasteiger partial charge in [-0.25, -0.2) is 9.59 Å². The molecule has 1 rings (SSSR count). The second-order valence-corrected chi connectivity index (χ2v) is 3.21. The summed E-state index contributed by atoms with van der Waals surface area (Å²) in [4.78, 5) is 21.9. The highest BCUT2D eigenvalue weighted by Crippen LogP contribution is 2.18. The van der Waals surface area contributed by atoms with Crippen molar-refractivity contribution in [1.82, 2.24) is 0 Å². The summed E-state index contributed by atoms with van der Waals surface area (Å²) in [6.45, 7) is 3.17. The molecule has 0 saturated heterocycles. The maximum Gasteiger partial charge on any atom is 0.418 e. The van der Waals surface area contributed by atoms with Gasteiger partial charge in [-0.15, -0.1) is 0 Å². The molecule has 0 aliphatic rings. The molecule has 4 heteroatoms. The molecule has 0 aliphatic carbocycles. The Hall–Kier alpha value is -2.10. The molecule has 0 amide bonds. The van der Waals surface area contributed by atoms with Gasteiger partial charge >= 0.3 is 12.4 Å². The number of hydrogen-bond acceptors (Lipinski definition) is 4. The van der Waals surface area contributed by atoms with E-state index in [1.54, 1.807) is 36.4 Å². The second-order valence-electron chi connectivity index (χ2n) is 3.21. The van der Waals surface area contributed by atoms with Gasteiger partial charge in [0.05, 0.1) is 6.26 Å². The van der Waals surface area contributed by atoms with Crippen LogP contribution < -0.4 is 0 Å². The van der Waals surface area contributed by atoms with Gasteiger partial charge in [0.25, 0.3) is 0 Å². The molecule has 0 N–H and O–H groups in total. The van der Waals surface area contributed by atoms with E-state index >= 15 is 0 Å². The first kappa shape index (κ1) is 13.0. The van der Waals surface area contributed by atoms with Gasteiger partial charge < -0.3 is 9.47 Å². The fourth-order valence-electron chi connectivity index (χ4n) is 1.20. The van der Waals surface area contributed by atoms with Gasteiger partial charge in [-0.05, 0) is 12.5 Å². The molecule has 1 aromatic carbocycles. The molecule has 0 heterocycles. The van der Waals surface area contributed by atoms with E-state index in [1.165, 1.54) is 12.7 Å². The van der Waals surface area contributed by atoms with Crippen molar-refractivity contribution in [2.75, 3.05) is 0 Å². The monoisotopic (exact) mass is 233 g/mol. The Labute approximate surface area is 99.8 Å². The standard InChI is InChI=1S/C13H13O4/c1-2-3-9-16-13(15)12(17-10-14)11-7-5-4-6-8-11/h3-9,12H,2H2,1H3. The minimum absolute atomic E-state index is 0.547. The van der Waals surface area contributed by atoms with Crippen LogP contribution in [0.1, 0.15) is 25.0 Å². The Balaban J connectivity index is 2.75. The van der Waals surface area contributed by atoms with Crippen molar-refractivity contribution in [2.45, 2.75) is 19.4 Å². The van der Waals surface area contributed by atoms with Crippen molar-refractivity contribution < 1.29 is 19.1 Å². The van der Waals surface area contributed by atoms with Crippen LogP contribution in [0.3, 0.4) is 0 Å². The number of hydrogen-bond donors (Lipinski definition) is 0. The van der Waals surface area contributed by atoms with E-state index in [2.05, 4.69) is 4.74 Å². The summed E-state index contributed by atoms with van der Waals surface area (Å²) in [5.41, 5.74) is 0.547. The van der Waals surface area contributed by atoms with E-state index in [1.807, 2.05) is 6.92 Å². The summed E-state index contributed by atoms with van der Waals surface area (Å²) >= 11 is 0. The van der Waals surface area contributed by atoms with Crippen LogP contribution in [0.5, 0.6) is 0 Å². The third-order valence-corrected chi connectivity index (χ3v) is 2.00. The Kier molecular flexibility index (Phi) is 5.51. The van der Waals surface area contributed by atoms with Crippen LogP contribution in [-0.2, 0) is 19.1 Å². The Morgan fingerprint density at radius 1 is 1.41 bits per heavy atom. The highest BCUT2D eigenvalue weighted by molar-refractivity contribution is 5.78. The maximum atomic E-state index is 11.6. The molecule has 1 atom stereocenters. The Morgan fingerprint density at radius 3 is 2.71 bits per heavy atom. The molecule has 0 saturated carbocycles. The van der Waals surface area contributed by atoms with Gasteiger partial charge in [0.1, 0.15) is 0 Å². The highest BCUT2D eigenvalue weighted by atomic mass is 16.6. The average molecular weight is 233 g/mol. The van der Waals surface area contributed by atoms with Crippen molar-refractivity contribution >= 4 is 12.4 Å². The van der Waals surface area contributed by atoms with Crippen LogP contribution in [-0.4, -0.2) is 12.4 Å². The van der Waals surface area contributed by atoms with Gasteiger partial charge in [0, 0.05) is 5.56 Å². The van der Waals surface area contributed by atoms with Gasteiger partial charge in [-0.2, -0.15) is 0 Å². The Morgan fingerprint density at radius 2 is 2.12 bits per heavy atom. The van der Waals surface area contributed by atoms with Crippen LogP contribution in [0.15, 0.2) is 42.7 Å². The molecule has 0 bridgehead atoms. The van der Waals surface area contributed by atoms with Crippen molar-refractivity contribution in [1.29, 1.82) is 0 Å². The molecule has 1 unspecified atom stereocenters. The molecule has 1 aromatic rings. The van der Waals surface area contributed by atoms with E-state index in [9.17, 15) is 9.59 Å². The van der Waals surface area contributed by atoms with Gasteiger partial charge in [0.15, 0.2) is 0 Å². The molecule has 17 heavy (non-hydrogen) atoms. The predicted molar refractivity (Wildman–Crippen MR) is 61.5 cm³/mol. The predicted octanol–water partition coefficient (Wildman–Crippen LogP) is 2.28. The first-order chi connectivity index (χ1) is 8.29. The van der Waals surface area contributed by atoms with Crippen LogP contribution in [0.4, 0.5) is 0 Å². The minimum Gasteiger partial charge on any atom is -0.437 e. The average Bonchev–Trinajstić information content (AvgIpc) is 2.37. The topological polar surface area (TPSA) is 52.6 Å². The lowest BCUT2D eigenvalue weighted by molar-refractivity contribution is -0.147. The summed E-state index contributed by atoms with van der Waals surface area (Å²) in [5.74, 6) is -0.649. The zero-order valence-corrected chi connectivity index (χ0v) is 9.46. The van der Waals surface area contributed by atoms with Gasteiger partial charge in [0.2, 0.25) is 6.10 Å². The van der Waals surface area contributed by atoms with Crippen LogP contribution in [0.2, 0.25) is 0 Å². The molecule has 89 valence electrons. The number of esters is 1. The number of carbonyl (C=O) groups is 1. The normalized spacial score (nSPS) is 12.1. The molecule has 4 nitrogen and oxygen atoms in total. The zero-order valence-electron chi connectivity index (χ0n) is 9.46. The van der Waals surface area contributed by atoms with Gasteiger partial charge in [-0.3, -0.25) is 0 Å². The smallest absolute Gasteiger partial charge is 0.418 e. The maximum absolute atomic E-state index is 11.6. The molecule has 0 spiro atoms. The fraction of sp³-hybridized carbons (Fsp3) is 0.231. The SMILES string of the molecule is CCC=COC(=O)C(O[C]=O)c1ccccc1. The van der Waals surface area contributed by atoms with E-state index in [4.69, 9.17) is 4.74 Å². The summed E-state index contributed by atoms with van der Waals surface area (Å²) in [5, 5.41) is 0. The largest absolute Gasteiger partial charge is 0.437 e. The van der Waals surface area contributed by atoms with Crippen molar-refractivity contribution in [3.63, 3.8) is 0 Å². The van der Waals surface area contributed by atoms with Crippen molar-refractivity contribution in [2.24, 2.45) is 0 Å². The summed E-state index contributed by atoms with van der Waals surface area (Å²) < 4.78 is 9.43. The molecule has 0 aliphatic heterocycles. The molecule has 1 radical (unpaired) electrons. The van der Waals surface area contributed by atoms with Crippen molar-refractivity contribution in [3.05, 3.63) is 48.2 Å². The number of carbonyl (C=O) groups excluding carboxylic acids is 2. The highest BCUT2D eigenvalue weighted by Gasteiger charge is 2.23. The summed E-state index contributed by atoms with van der Waals surface area (Å²) in [7, 11) is 0. The quantitative estimate of drug-likeness (QED) is 0.558.